The third kappa shape index (κ3) is 11.4. The van der Waals surface area contributed by atoms with E-state index in [9.17, 15) is 0 Å². The van der Waals surface area contributed by atoms with Crippen LogP contribution in [0, 0.1) is 29.4 Å². The van der Waals surface area contributed by atoms with Crippen molar-refractivity contribution in [3.8, 4) is 23.7 Å². The minimum Gasteiger partial charge on any atom is -0.120 e. The van der Waals surface area contributed by atoms with Crippen molar-refractivity contribution < 1.29 is 0 Å². The second-order valence-electron chi connectivity index (χ2n) is 8.25. The van der Waals surface area contributed by atoms with Gasteiger partial charge in [-0.3, -0.25) is 0 Å². The van der Waals surface area contributed by atoms with E-state index >= 15 is 0 Å². The van der Waals surface area contributed by atoms with Crippen molar-refractivity contribution in [1.29, 1.82) is 0 Å². The summed E-state index contributed by atoms with van der Waals surface area (Å²) in [4.78, 5) is 2.47. The van der Waals surface area contributed by atoms with E-state index in [1.807, 2.05) is 22.7 Å². The average Bonchev–Trinajstić information content (AvgIpc) is 3.32. The third-order valence-corrected chi connectivity index (χ3v) is 9.86. The van der Waals surface area contributed by atoms with Crippen LogP contribution >= 0.6 is 67.9 Å². The summed E-state index contributed by atoms with van der Waals surface area (Å²) in [7, 11) is 0. The minimum atomic E-state index is 0.973. The fourth-order valence-corrected chi connectivity index (χ4v) is 7.38. The van der Waals surface area contributed by atoms with Gasteiger partial charge < -0.3 is 0 Å². The van der Waals surface area contributed by atoms with Crippen LogP contribution in [0.25, 0.3) is 0 Å². The number of thiophene rings is 2. The van der Waals surface area contributed by atoms with Gasteiger partial charge in [-0.1, -0.05) is 76.1 Å². The van der Waals surface area contributed by atoms with Gasteiger partial charge >= 0.3 is 0 Å². The first-order chi connectivity index (χ1) is 15.6. The van der Waals surface area contributed by atoms with Gasteiger partial charge in [0.1, 0.15) is 0 Å². The van der Waals surface area contributed by atoms with E-state index in [1.165, 1.54) is 90.9 Å². The molecule has 0 aliphatic rings. The molecule has 4 heteroatoms. The lowest BCUT2D eigenvalue weighted by Gasteiger charge is -1.98. The lowest BCUT2D eigenvalue weighted by atomic mass is 10.1. The van der Waals surface area contributed by atoms with Crippen LogP contribution in [-0.2, 0) is 12.8 Å². The van der Waals surface area contributed by atoms with E-state index in [1.54, 1.807) is 0 Å². The van der Waals surface area contributed by atoms with Gasteiger partial charge in [-0.05, 0) is 107 Å². The third-order valence-electron chi connectivity index (χ3n) is 5.39. The van der Waals surface area contributed by atoms with Crippen LogP contribution in [0.3, 0.4) is 0 Å². The van der Waals surface area contributed by atoms with Crippen LogP contribution in [0.4, 0.5) is 0 Å². The van der Waals surface area contributed by atoms with Gasteiger partial charge in [0.2, 0.25) is 0 Å². The molecule has 2 aromatic rings. The highest BCUT2D eigenvalue weighted by Crippen LogP contribution is 2.26. The second kappa shape index (κ2) is 17.4. The Kier molecular flexibility index (Phi) is 15.4. The Bertz CT molecular complexity index is 839. The van der Waals surface area contributed by atoms with E-state index in [0.717, 1.165) is 25.7 Å². The van der Waals surface area contributed by atoms with Gasteiger partial charge in [0, 0.05) is 12.8 Å². The molecule has 0 fully saturated rings. The summed E-state index contributed by atoms with van der Waals surface area (Å²) < 4.78 is 2.84. The summed E-state index contributed by atoms with van der Waals surface area (Å²) in [6.45, 7) is 4.54. The van der Waals surface area contributed by atoms with Crippen molar-refractivity contribution in [3.63, 3.8) is 0 Å². The molecule has 0 bridgehead atoms. The predicted molar refractivity (Wildman–Crippen MR) is 162 cm³/mol. The van der Waals surface area contributed by atoms with E-state index in [2.05, 4.69) is 94.8 Å². The SMILES string of the molecule is CCCCCCc1cc(C#CCCCCC#Cc2cc(CCCCCC)c(I)s2)sc1I. The first-order valence-corrected chi connectivity index (χ1v) is 16.0. The molecule has 2 aromatic heterocycles. The summed E-state index contributed by atoms with van der Waals surface area (Å²) in [5.41, 5.74) is 3.00. The summed E-state index contributed by atoms with van der Waals surface area (Å²) >= 11 is 8.66. The van der Waals surface area contributed by atoms with Crippen LogP contribution in [0.5, 0.6) is 0 Å². The first-order valence-electron chi connectivity index (χ1n) is 12.2. The van der Waals surface area contributed by atoms with Crippen LogP contribution in [0.15, 0.2) is 12.1 Å². The van der Waals surface area contributed by atoms with Crippen LogP contribution in [0.1, 0.15) is 112 Å². The molecule has 32 heavy (non-hydrogen) atoms. The first kappa shape index (κ1) is 28.2. The summed E-state index contributed by atoms with van der Waals surface area (Å²) in [5.74, 6) is 13.5. The zero-order valence-corrected chi connectivity index (χ0v) is 25.6. The Morgan fingerprint density at radius 3 is 1.47 bits per heavy atom. The number of rotatable bonds is 13. The minimum absolute atomic E-state index is 0.973. The van der Waals surface area contributed by atoms with Crippen LogP contribution < -0.4 is 0 Å². The van der Waals surface area contributed by atoms with Crippen molar-refractivity contribution in [2.75, 3.05) is 0 Å². The van der Waals surface area contributed by atoms with E-state index in [-0.39, 0.29) is 0 Å². The van der Waals surface area contributed by atoms with Gasteiger partial charge in [0.25, 0.3) is 0 Å². The van der Waals surface area contributed by atoms with Crippen LogP contribution in [-0.4, -0.2) is 0 Å². The molecule has 0 N–H and O–H groups in total. The Morgan fingerprint density at radius 2 is 1.06 bits per heavy atom. The Balaban J connectivity index is 1.66. The summed E-state index contributed by atoms with van der Waals surface area (Å²) in [6.07, 6.45) is 17.2. The zero-order valence-electron chi connectivity index (χ0n) is 19.6. The molecule has 0 amide bonds. The topological polar surface area (TPSA) is 0 Å². The smallest absolute Gasteiger partial charge is 0.0782 e. The predicted octanol–water partition coefficient (Wildman–Crippen LogP) is 10.2. The van der Waals surface area contributed by atoms with Crippen molar-refractivity contribution in [2.45, 2.75) is 104 Å². The van der Waals surface area contributed by atoms with E-state index < -0.39 is 0 Å². The second-order valence-corrected chi connectivity index (χ2v) is 14.0. The normalized spacial score (nSPS) is 10.5. The maximum Gasteiger partial charge on any atom is 0.0782 e. The van der Waals surface area contributed by atoms with Crippen molar-refractivity contribution in [2.24, 2.45) is 0 Å². The highest BCUT2D eigenvalue weighted by atomic mass is 127. The molecule has 0 saturated heterocycles. The lowest BCUT2D eigenvalue weighted by molar-refractivity contribution is 0.667. The molecule has 0 spiro atoms. The molecule has 0 atom stereocenters. The molecule has 0 aliphatic carbocycles. The molecule has 0 radical (unpaired) electrons. The number of aryl methyl sites for hydroxylation is 2. The summed E-state index contributed by atoms with van der Waals surface area (Å²) in [6, 6.07) is 4.63. The van der Waals surface area contributed by atoms with Crippen LogP contribution in [0.2, 0.25) is 0 Å². The maximum atomic E-state index is 3.39. The number of hydrogen-bond acceptors (Lipinski definition) is 2. The molecular weight excluding hydrogens is 654 g/mol. The highest BCUT2D eigenvalue weighted by molar-refractivity contribution is 14.1. The number of unbranched alkanes of at least 4 members (excludes halogenated alkanes) is 9. The Morgan fingerprint density at radius 1 is 0.625 bits per heavy atom. The van der Waals surface area contributed by atoms with Gasteiger partial charge in [0.05, 0.1) is 15.5 Å². The molecule has 0 unspecified atom stereocenters. The molecule has 2 heterocycles. The standard InChI is InChI=1S/C28H36I2S2/c1-3-5-7-13-17-23-21-25(31-27(23)29)19-15-11-9-10-12-16-20-26-22-24(28(30)32-26)18-14-8-6-4-2/h21-22H,3-14,17-18H2,1-2H3. The molecule has 0 nitrogen and oxygen atoms in total. The van der Waals surface area contributed by atoms with Gasteiger partial charge in [-0.25, -0.2) is 0 Å². The molecule has 174 valence electrons. The highest BCUT2D eigenvalue weighted by Gasteiger charge is 2.06. The fraction of sp³-hybridized carbons (Fsp3) is 0.571. The van der Waals surface area contributed by atoms with Crippen molar-refractivity contribution in [3.05, 3.63) is 38.8 Å². The largest absolute Gasteiger partial charge is 0.120 e. The van der Waals surface area contributed by atoms with Gasteiger partial charge in [-0.15, -0.1) is 22.7 Å². The fourth-order valence-electron chi connectivity index (χ4n) is 3.49. The molecule has 0 aromatic carbocycles. The summed E-state index contributed by atoms with van der Waals surface area (Å²) in [5, 5.41) is 0. The van der Waals surface area contributed by atoms with E-state index in [4.69, 9.17) is 0 Å². The zero-order chi connectivity index (χ0) is 23.0. The Hall–Kier alpha value is -0.0200. The molecule has 2 rings (SSSR count). The molecular formula is C28H36I2S2. The number of halogens is 2. The van der Waals surface area contributed by atoms with Crippen molar-refractivity contribution in [1.82, 2.24) is 0 Å². The van der Waals surface area contributed by atoms with Gasteiger partial charge in [0.15, 0.2) is 0 Å². The molecule has 0 aliphatic heterocycles. The number of hydrogen-bond donors (Lipinski definition) is 0. The van der Waals surface area contributed by atoms with Gasteiger partial charge in [-0.2, -0.15) is 0 Å². The monoisotopic (exact) mass is 690 g/mol. The molecule has 0 saturated carbocycles. The maximum absolute atomic E-state index is 3.39. The Labute approximate surface area is 232 Å². The quantitative estimate of drug-likeness (QED) is 0.112. The van der Waals surface area contributed by atoms with E-state index in [0.29, 0.717) is 0 Å². The van der Waals surface area contributed by atoms with Crippen molar-refractivity contribution >= 4 is 67.9 Å². The lowest BCUT2D eigenvalue weighted by Crippen LogP contribution is -1.84. The average molecular weight is 691 g/mol.